The fourth-order valence-corrected chi connectivity index (χ4v) is 1.72. The molecule has 3 heteroatoms. The molecule has 0 amide bonds. The van der Waals surface area contributed by atoms with Crippen LogP contribution in [0.15, 0.2) is 28.7 Å². The number of ether oxygens (including phenoxy) is 1. The first-order valence-corrected chi connectivity index (χ1v) is 6.15. The van der Waals surface area contributed by atoms with E-state index in [0.29, 0.717) is 6.61 Å². The first-order valence-electron chi connectivity index (χ1n) is 5.36. The van der Waals surface area contributed by atoms with Crippen LogP contribution < -0.4 is 5.73 Å². The Bertz CT molecular complexity index is 278. The molecule has 0 bridgehead atoms. The van der Waals surface area contributed by atoms with Gasteiger partial charge in [-0.2, -0.15) is 0 Å². The maximum atomic E-state index is 5.58. The van der Waals surface area contributed by atoms with E-state index in [4.69, 9.17) is 10.5 Å². The van der Waals surface area contributed by atoms with Crippen LogP contribution in [0.25, 0.3) is 0 Å². The van der Waals surface area contributed by atoms with E-state index in [9.17, 15) is 0 Å². The van der Waals surface area contributed by atoms with Gasteiger partial charge >= 0.3 is 0 Å². The predicted octanol–water partition coefficient (Wildman–Crippen LogP) is 3.09. The molecular weight excluding hydrogens is 254 g/mol. The fourth-order valence-electron chi connectivity index (χ4n) is 1.32. The molecule has 0 atom stereocenters. The smallest absolute Gasteiger partial charge is 0.0727 e. The molecule has 1 aromatic carbocycles. The van der Waals surface area contributed by atoms with Crippen molar-refractivity contribution in [3.05, 3.63) is 34.3 Å². The first-order chi connectivity index (χ1) is 7.34. The number of unbranched alkanes of at least 4 members (excludes halogenated alkanes) is 2. The highest BCUT2D eigenvalue weighted by molar-refractivity contribution is 9.10. The quantitative estimate of drug-likeness (QED) is 0.774. The van der Waals surface area contributed by atoms with Crippen LogP contribution in [0.1, 0.15) is 24.8 Å². The normalized spacial score (nSPS) is 10.5. The molecule has 0 saturated heterocycles. The second kappa shape index (κ2) is 7.85. The second-order valence-electron chi connectivity index (χ2n) is 3.49. The molecule has 2 nitrogen and oxygen atoms in total. The van der Waals surface area contributed by atoms with Gasteiger partial charge in [-0.15, -0.1) is 0 Å². The first kappa shape index (κ1) is 12.7. The summed E-state index contributed by atoms with van der Waals surface area (Å²) in [7, 11) is 0. The van der Waals surface area contributed by atoms with Gasteiger partial charge in [0.05, 0.1) is 6.61 Å². The Labute approximate surface area is 99.9 Å². The summed E-state index contributed by atoms with van der Waals surface area (Å²) < 4.78 is 6.69. The second-order valence-corrected chi connectivity index (χ2v) is 4.35. The molecule has 2 N–H and O–H groups in total. The van der Waals surface area contributed by atoms with Crippen LogP contribution in [0.5, 0.6) is 0 Å². The Balaban J connectivity index is 2.12. The largest absolute Gasteiger partial charge is 0.377 e. The Morgan fingerprint density at radius 3 is 2.67 bits per heavy atom. The van der Waals surface area contributed by atoms with Crippen molar-refractivity contribution in [1.29, 1.82) is 0 Å². The summed E-state index contributed by atoms with van der Waals surface area (Å²) in [5.74, 6) is 0. The number of hydrogen-bond acceptors (Lipinski definition) is 2. The van der Waals surface area contributed by atoms with E-state index in [1.54, 1.807) is 0 Å². The molecule has 0 aromatic heterocycles. The van der Waals surface area contributed by atoms with E-state index in [-0.39, 0.29) is 0 Å². The Hall–Kier alpha value is -0.380. The zero-order valence-electron chi connectivity index (χ0n) is 8.92. The summed E-state index contributed by atoms with van der Waals surface area (Å²) in [4.78, 5) is 0. The molecule has 0 aliphatic rings. The van der Waals surface area contributed by atoms with Gasteiger partial charge in [0.2, 0.25) is 0 Å². The molecule has 0 aliphatic heterocycles. The lowest BCUT2D eigenvalue weighted by Crippen LogP contribution is -2.00. The van der Waals surface area contributed by atoms with Crippen LogP contribution >= 0.6 is 15.9 Å². The van der Waals surface area contributed by atoms with Crippen LogP contribution in [0, 0.1) is 0 Å². The molecule has 1 aromatic rings. The molecule has 0 heterocycles. The van der Waals surface area contributed by atoms with Crippen molar-refractivity contribution in [2.24, 2.45) is 5.73 Å². The monoisotopic (exact) mass is 271 g/mol. The summed E-state index contributed by atoms with van der Waals surface area (Å²) in [5.41, 5.74) is 6.61. The van der Waals surface area contributed by atoms with Crippen molar-refractivity contribution in [1.82, 2.24) is 0 Å². The van der Waals surface area contributed by atoms with Gasteiger partial charge in [0.1, 0.15) is 0 Å². The van der Waals surface area contributed by atoms with Crippen LogP contribution in [0.3, 0.4) is 0 Å². The van der Waals surface area contributed by atoms with Crippen LogP contribution in [0.4, 0.5) is 0 Å². The third kappa shape index (κ3) is 5.30. The Morgan fingerprint density at radius 2 is 1.93 bits per heavy atom. The fraction of sp³-hybridized carbons (Fsp3) is 0.500. The topological polar surface area (TPSA) is 35.2 Å². The number of halogens is 1. The molecular formula is C12H18BrNO. The van der Waals surface area contributed by atoms with E-state index < -0.39 is 0 Å². The van der Waals surface area contributed by atoms with E-state index in [1.165, 1.54) is 5.56 Å². The maximum absolute atomic E-state index is 5.58. The van der Waals surface area contributed by atoms with E-state index in [2.05, 4.69) is 22.0 Å². The minimum absolute atomic E-state index is 0.685. The summed E-state index contributed by atoms with van der Waals surface area (Å²) in [6.45, 7) is 2.29. The Kier molecular flexibility index (Phi) is 6.64. The van der Waals surface area contributed by atoms with Crippen molar-refractivity contribution in [3.63, 3.8) is 0 Å². The summed E-state index contributed by atoms with van der Waals surface area (Å²) in [5, 5.41) is 0. The van der Waals surface area contributed by atoms with Gasteiger partial charge in [0, 0.05) is 11.1 Å². The molecule has 15 heavy (non-hydrogen) atoms. The predicted molar refractivity (Wildman–Crippen MR) is 66.7 cm³/mol. The van der Waals surface area contributed by atoms with Gasteiger partial charge in [-0.1, -0.05) is 34.1 Å². The van der Waals surface area contributed by atoms with E-state index in [1.807, 2.05) is 18.2 Å². The van der Waals surface area contributed by atoms with Gasteiger partial charge in [0.15, 0.2) is 0 Å². The average molecular weight is 272 g/mol. The van der Waals surface area contributed by atoms with Crippen LogP contribution in [0.2, 0.25) is 0 Å². The number of benzene rings is 1. The molecule has 1 rings (SSSR count). The third-order valence-corrected chi connectivity index (χ3v) is 2.98. The molecule has 0 saturated carbocycles. The van der Waals surface area contributed by atoms with E-state index in [0.717, 1.165) is 36.9 Å². The minimum atomic E-state index is 0.685. The minimum Gasteiger partial charge on any atom is -0.377 e. The SMILES string of the molecule is NCCCCCOCc1ccccc1Br. The number of rotatable bonds is 7. The molecule has 0 fully saturated rings. The van der Waals surface area contributed by atoms with E-state index >= 15 is 0 Å². The zero-order chi connectivity index (χ0) is 10.9. The molecule has 0 unspecified atom stereocenters. The number of hydrogen-bond donors (Lipinski definition) is 1. The average Bonchev–Trinajstić information content (AvgIpc) is 2.25. The van der Waals surface area contributed by atoms with Gasteiger partial charge in [-0.05, 0) is 37.4 Å². The van der Waals surface area contributed by atoms with Crippen molar-refractivity contribution in [2.45, 2.75) is 25.9 Å². The summed E-state index contributed by atoms with van der Waals surface area (Å²) >= 11 is 3.49. The molecule has 0 radical (unpaired) electrons. The zero-order valence-corrected chi connectivity index (χ0v) is 10.5. The summed E-state index contributed by atoms with van der Waals surface area (Å²) in [6, 6.07) is 8.14. The standard InChI is InChI=1S/C12H18BrNO/c13-12-7-3-2-6-11(12)10-15-9-5-1-4-8-14/h2-3,6-7H,1,4-5,8-10,14H2. The van der Waals surface area contributed by atoms with Crippen molar-refractivity contribution in [3.8, 4) is 0 Å². The van der Waals surface area contributed by atoms with Crippen molar-refractivity contribution < 1.29 is 4.74 Å². The Morgan fingerprint density at radius 1 is 1.13 bits per heavy atom. The molecule has 0 spiro atoms. The lowest BCUT2D eigenvalue weighted by Gasteiger charge is -2.05. The van der Waals surface area contributed by atoms with Crippen LogP contribution in [-0.2, 0) is 11.3 Å². The molecule has 84 valence electrons. The lowest BCUT2D eigenvalue weighted by molar-refractivity contribution is 0.116. The lowest BCUT2D eigenvalue weighted by atomic mass is 10.2. The maximum Gasteiger partial charge on any atom is 0.0727 e. The van der Waals surface area contributed by atoms with Gasteiger partial charge < -0.3 is 10.5 Å². The van der Waals surface area contributed by atoms with Gasteiger partial charge in [-0.3, -0.25) is 0 Å². The highest BCUT2D eigenvalue weighted by atomic mass is 79.9. The van der Waals surface area contributed by atoms with Crippen LogP contribution in [-0.4, -0.2) is 13.2 Å². The van der Waals surface area contributed by atoms with Crippen molar-refractivity contribution >= 4 is 15.9 Å². The highest BCUT2D eigenvalue weighted by Gasteiger charge is 1.97. The van der Waals surface area contributed by atoms with Gasteiger partial charge in [-0.25, -0.2) is 0 Å². The third-order valence-electron chi connectivity index (χ3n) is 2.21. The van der Waals surface area contributed by atoms with Gasteiger partial charge in [0.25, 0.3) is 0 Å². The highest BCUT2D eigenvalue weighted by Crippen LogP contribution is 2.16. The van der Waals surface area contributed by atoms with Crippen molar-refractivity contribution in [2.75, 3.05) is 13.2 Å². The number of nitrogens with two attached hydrogens (primary N) is 1. The summed E-state index contributed by atoms with van der Waals surface area (Å²) in [6.07, 6.45) is 3.35. The molecule has 0 aliphatic carbocycles.